The summed E-state index contributed by atoms with van der Waals surface area (Å²) in [5, 5.41) is 4.07. The Morgan fingerprint density at radius 1 is 1.18 bits per heavy atom. The summed E-state index contributed by atoms with van der Waals surface area (Å²) in [6.45, 7) is 8.02. The van der Waals surface area contributed by atoms with Gasteiger partial charge in [-0.05, 0) is 26.0 Å². The highest BCUT2D eigenvalue weighted by molar-refractivity contribution is 5.97. The Kier molecular flexibility index (Phi) is 4.02. The molecule has 0 radical (unpaired) electrons. The third-order valence-electron chi connectivity index (χ3n) is 5.02. The van der Waals surface area contributed by atoms with E-state index in [9.17, 15) is 4.79 Å². The summed E-state index contributed by atoms with van der Waals surface area (Å²) in [6.07, 6.45) is 1.75. The van der Waals surface area contributed by atoms with Crippen molar-refractivity contribution >= 4 is 11.7 Å². The fourth-order valence-corrected chi connectivity index (χ4v) is 3.64. The van der Waals surface area contributed by atoms with Crippen LogP contribution in [0.3, 0.4) is 0 Å². The second-order valence-corrected chi connectivity index (χ2v) is 7.98. The van der Waals surface area contributed by atoms with Gasteiger partial charge in [0.05, 0.1) is 22.6 Å². The summed E-state index contributed by atoms with van der Waals surface area (Å²) in [6, 6.07) is 7.69. The summed E-state index contributed by atoms with van der Waals surface area (Å²) in [7, 11) is 3.50. The number of imidazole rings is 1. The minimum absolute atomic E-state index is 0.107. The number of para-hydroxylation sites is 2. The molecule has 3 heterocycles. The van der Waals surface area contributed by atoms with E-state index in [0.29, 0.717) is 17.4 Å². The number of hydrogen-bond donors (Lipinski definition) is 0. The molecule has 4 rings (SSSR count). The molecule has 28 heavy (non-hydrogen) atoms. The molecule has 0 unspecified atom stereocenters. The summed E-state index contributed by atoms with van der Waals surface area (Å²) in [4.78, 5) is 25.6. The van der Waals surface area contributed by atoms with E-state index in [1.54, 1.807) is 30.2 Å². The minimum Gasteiger partial charge on any atom is -0.332 e. The molecule has 0 saturated heterocycles. The van der Waals surface area contributed by atoms with Crippen LogP contribution in [0.2, 0.25) is 0 Å². The Labute approximate surface area is 163 Å². The lowest BCUT2D eigenvalue weighted by molar-refractivity contribution is 0.215. The van der Waals surface area contributed by atoms with E-state index < -0.39 is 5.54 Å². The van der Waals surface area contributed by atoms with Crippen LogP contribution in [0.25, 0.3) is 17.3 Å². The van der Waals surface area contributed by atoms with Gasteiger partial charge in [0, 0.05) is 20.0 Å². The predicted molar refractivity (Wildman–Crippen MR) is 106 cm³/mol. The molecule has 0 bridgehead atoms. The van der Waals surface area contributed by atoms with E-state index in [1.807, 2.05) is 56.5 Å². The lowest BCUT2D eigenvalue weighted by atomic mass is 9.92. The van der Waals surface area contributed by atoms with Crippen molar-refractivity contribution in [2.75, 3.05) is 19.0 Å². The summed E-state index contributed by atoms with van der Waals surface area (Å²) in [5.74, 6) is 1.14. The number of benzene rings is 1. The number of aromatic nitrogens is 4. The Balaban J connectivity index is 1.96. The topological polar surface area (TPSA) is 80.3 Å². The molecule has 1 aliphatic rings. The van der Waals surface area contributed by atoms with Crippen LogP contribution in [0.15, 0.2) is 35.1 Å². The van der Waals surface area contributed by atoms with Gasteiger partial charge in [0.15, 0.2) is 11.5 Å². The smallest absolute Gasteiger partial charge is 0.324 e. The van der Waals surface area contributed by atoms with Crippen molar-refractivity contribution in [3.63, 3.8) is 0 Å². The largest absolute Gasteiger partial charge is 0.332 e. The Hall–Kier alpha value is -3.16. The second-order valence-electron chi connectivity index (χ2n) is 7.98. The molecule has 0 N–H and O–H groups in total. The van der Waals surface area contributed by atoms with Gasteiger partial charge >= 0.3 is 6.03 Å². The maximum atomic E-state index is 13.1. The van der Waals surface area contributed by atoms with E-state index in [1.165, 1.54) is 0 Å². The fraction of sp³-hybridized carbons (Fsp3) is 0.400. The van der Waals surface area contributed by atoms with Gasteiger partial charge in [-0.25, -0.2) is 9.78 Å². The third kappa shape index (κ3) is 2.51. The van der Waals surface area contributed by atoms with E-state index in [0.717, 1.165) is 17.1 Å². The van der Waals surface area contributed by atoms with Gasteiger partial charge in [-0.2, -0.15) is 4.98 Å². The number of anilines is 1. The van der Waals surface area contributed by atoms with Gasteiger partial charge in [-0.3, -0.25) is 9.47 Å². The quantitative estimate of drug-likeness (QED) is 0.676. The molecule has 0 spiro atoms. The molecule has 0 fully saturated rings. The van der Waals surface area contributed by atoms with Crippen molar-refractivity contribution in [1.82, 2.24) is 24.6 Å². The van der Waals surface area contributed by atoms with E-state index in [-0.39, 0.29) is 11.9 Å². The van der Waals surface area contributed by atoms with Crippen LogP contribution in [0.1, 0.15) is 45.1 Å². The zero-order chi connectivity index (χ0) is 20.2. The zero-order valence-corrected chi connectivity index (χ0v) is 17.0. The van der Waals surface area contributed by atoms with Gasteiger partial charge in [0.2, 0.25) is 0 Å². The molecule has 1 aromatic carbocycles. The van der Waals surface area contributed by atoms with Gasteiger partial charge in [0.1, 0.15) is 6.33 Å². The van der Waals surface area contributed by atoms with Crippen LogP contribution < -0.4 is 4.90 Å². The molecule has 1 aliphatic heterocycles. The Bertz CT molecular complexity index is 1050. The number of amides is 2. The van der Waals surface area contributed by atoms with E-state index in [4.69, 9.17) is 4.52 Å². The average molecular weight is 380 g/mol. The molecule has 3 aromatic rings. The molecule has 0 atom stereocenters. The number of carbonyl (C=O) groups excluding carboxylic acids is 1. The highest BCUT2D eigenvalue weighted by Crippen LogP contribution is 2.45. The summed E-state index contributed by atoms with van der Waals surface area (Å²) >= 11 is 0. The summed E-state index contributed by atoms with van der Waals surface area (Å²) < 4.78 is 7.51. The van der Waals surface area contributed by atoms with Crippen molar-refractivity contribution in [3.8, 4) is 17.3 Å². The van der Waals surface area contributed by atoms with Gasteiger partial charge in [0.25, 0.3) is 5.89 Å². The standard InChI is InChI=1S/C20H24N6O2/c1-12(2)17-22-18(28-23-17)15-16-20(3,4)26(19(27)24(5)6)14-10-8-7-9-13(14)25(16)11-21-15/h7-12H,1-6H3. The van der Waals surface area contributed by atoms with Crippen LogP contribution >= 0.6 is 0 Å². The van der Waals surface area contributed by atoms with E-state index in [2.05, 4.69) is 15.1 Å². The molecule has 0 saturated carbocycles. The number of fused-ring (bicyclic) bond motifs is 3. The SMILES string of the molecule is CC(C)c1noc(-c2ncn3c2C(C)(C)N(C(=O)N(C)C)c2ccccc2-3)n1. The average Bonchev–Trinajstić information content (AvgIpc) is 3.29. The molecular formula is C20H24N6O2. The van der Waals surface area contributed by atoms with Gasteiger partial charge < -0.3 is 9.42 Å². The van der Waals surface area contributed by atoms with Crippen LogP contribution in [-0.2, 0) is 5.54 Å². The van der Waals surface area contributed by atoms with Crippen LogP contribution in [0.5, 0.6) is 0 Å². The second kappa shape index (κ2) is 6.19. The minimum atomic E-state index is -0.687. The first kappa shape index (κ1) is 18.2. The molecule has 8 heteroatoms. The molecule has 8 nitrogen and oxygen atoms in total. The van der Waals surface area contributed by atoms with Crippen molar-refractivity contribution in [3.05, 3.63) is 42.1 Å². The van der Waals surface area contributed by atoms with Gasteiger partial charge in [-0.1, -0.05) is 31.1 Å². The molecule has 146 valence electrons. The first-order valence-electron chi connectivity index (χ1n) is 9.26. The maximum Gasteiger partial charge on any atom is 0.324 e. The maximum absolute atomic E-state index is 13.1. The molecule has 0 aliphatic carbocycles. The van der Waals surface area contributed by atoms with Crippen LogP contribution in [0.4, 0.5) is 10.5 Å². The first-order valence-corrected chi connectivity index (χ1v) is 9.26. The normalized spacial score (nSPS) is 14.8. The predicted octanol–water partition coefficient (Wildman–Crippen LogP) is 3.78. The summed E-state index contributed by atoms with van der Waals surface area (Å²) in [5.41, 5.74) is 2.45. The molecule has 2 amide bonds. The third-order valence-corrected chi connectivity index (χ3v) is 5.02. The molecular weight excluding hydrogens is 356 g/mol. The monoisotopic (exact) mass is 380 g/mol. The first-order chi connectivity index (χ1) is 13.2. The lowest BCUT2D eigenvalue weighted by Gasteiger charge is -2.44. The Morgan fingerprint density at radius 3 is 2.46 bits per heavy atom. The van der Waals surface area contributed by atoms with E-state index >= 15 is 0 Å². The number of carbonyl (C=O) groups is 1. The zero-order valence-electron chi connectivity index (χ0n) is 17.0. The highest BCUT2D eigenvalue weighted by atomic mass is 16.5. The fourth-order valence-electron chi connectivity index (χ4n) is 3.64. The van der Waals surface area contributed by atoms with Crippen molar-refractivity contribution < 1.29 is 9.32 Å². The Morgan fingerprint density at radius 2 is 1.86 bits per heavy atom. The number of hydrogen-bond acceptors (Lipinski definition) is 5. The number of rotatable bonds is 2. The lowest BCUT2D eigenvalue weighted by Crippen LogP contribution is -2.53. The van der Waals surface area contributed by atoms with Crippen molar-refractivity contribution in [1.29, 1.82) is 0 Å². The van der Waals surface area contributed by atoms with Crippen molar-refractivity contribution in [2.24, 2.45) is 0 Å². The number of urea groups is 1. The molecule has 2 aromatic heterocycles. The number of nitrogens with zero attached hydrogens (tertiary/aromatic N) is 6. The highest BCUT2D eigenvalue weighted by Gasteiger charge is 2.45. The van der Waals surface area contributed by atoms with Crippen molar-refractivity contribution in [2.45, 2.75) is 39.2 Å². The van der Waals surface area contributed by atoms with Crippen LogP contribution in [0, 0.1) is 0 Å². The van der Waals surface area contributed by atoms with Crippen LogP contribution in [-0.4, -0.2) is 44.7 Å². The van der Waals surface area contributed by atoms with Gasteiger partial charge in [-0.15, -0.1) is 0 Å².